The van der Waals surface area contributed by atoms with Crippen LogP contribution in [0.4, 0.5) is 11.4 Å². The number of ether oxygens (including phenoxy) is 2. The van der Waals surface area contributed by atoms with Crippen molar-refractivity contribution >= 4 is 41.7 Å². The summed E-state index contributed by atoms with van der Waals surface area (Å²) in [5.41, 5.74) is 3.74. The number of hydrogen-bond donors (Lipinski definition) is 1. The molecule has 3 aliphatic rings. The normalized spacial score (nSPS) is 21.8. The topological polar surface area (TPSA) is 70.0 Å². The van der Waals surface area contributed by atoms with Crippen molar-refractivity contribution in [1.82, 2.24) is 4.90 Å². The lowest BCUT2D eigenvalue weighted by Gasteiger charge is -2.41. The number of benzene rings is 1. The van der Waals surface area contributed by atoms with E-state index in [1.54, 1.807) is 0 Å². The number of anilines is 2. The van der Waals surface area contributed by atoms with Crippen molar-refractivity contribution < 1.29 is 14.3 Å². The van der Waals surface area contributed by atoms with Crippen molar-refractivity contribution in [3.63, 3.8) is 0 Å². The van der Waals surface area contributed by atoms with Gasteiger partial charge in [0.1, 0.15) is 30.5 Å². The lowest BCUT2D eigenvalue weighted by atomic mass is 10.1. The zero-order valence-corrected chi connectivity index (χ0v) is 21.0. The first-order valence-electron chi connectivity index (χ1n) is 12.1. The highest BCUT2D eigenvalue weighted by molar-refractivity contribution is 7.80. The van der Waals surface area contributed by atoms with Gasteiger partial charge in [-0.05, 0) is 38.3 Å². The molecule has 0 spiro atoms. The van der Waals surface area contributed by atoms with Gasteiger partial charge >= 0.3 is 0 Å². The summed E-state index contributed by atoms with van der Waals surface area (Å²) in [7, 11) is 0. The number of carbonyl (C=O) groups is 1. The van der Waals surface area contributed by atoms with Gasteiger partial charge in [0.05, 0.1) is 17.1 Å². The molecule has 1 aromatic rings. The number of thiol groups is 1. The fourth-order valence-electron chi connectivity index (χ4n) is 4.90. The quantitative estimate of drug-likeness (QED) is 0.276. The number of aldehydes is 1. The van der Waals surface area contributed by atoms with Gasteiger partial charge in [0.25, 0.3) is 0 Å². The summed E-state index contributed by atoms with van der Waals surface area (Å²) in [6, 6.07) is 6.80. The monoisotopic (exact) mass is 485 g/mol. The van der Waals surface area contributed by atoms with Crippen molar-refractivity contribution in [2.45, 2.75) is 39.2 Å². The minimum Gasteiger partial charge on any atom is -0.481 e. The van der Waals surface area contributed by atoms with Gasteiger partial charge in [-0.25, -0.2) is 4.99 Å². The SMILES string of the molecule is CCC1=NCN(c2ccc(N3CCN(C4CCOCC4)CC3)c(OCS)c2)/C(=C\C=O)N=C1C. The molecule has 2 saturated heterocycles. The Bertz CT molecular complexity index is 950. The van der Waals surface area contributed by atoms with Crippen molar-refractivity contribution in [2.75, 3.05) is 61.8 Å². The highest BCUT2D eigenvalue weighted by Crippen LogP contribution is 2.35. The van der Waals surface area contributed by atoms with Gasteiger partial charge < -0.3 is 19.3 Å². The van der Waals surface area contributed by atoms with Gasteiger partial charge in [0, 0.05) is 63.3 Å². The predicted octanol–water partition coefficient (Wildman–Crippen LogP) is 3.38. The van der Waals surface area contributed by atoms with Crippen LogP contribution in [0.5, 0.6) is 5.75 Å². The third kappa shape index (κ3) is 5.64. The van der Waals surface area contributed by atoms with Crippen molar-refractivity contribution in [3.8, 4) is 5.75 Å². The van der Waals surface area contributed by atoms with Gasteiger partial charge in [-0.1, -0.05) is 6.92 Å². The number of piperazine rings is 1. The van der Waals surface area contributed by atoms with Crippen molar-refractivity contribution in [3.05, 3.63) is 30.1 Å². The molecule has 0 amide bonds. The predicted molar refractivity (Wildman–Crippen MR) is 141 cm³/mol. The highest BCUT2D eigenvalue weighted by atomic mass is 32.1. The zero-order valence-electron chi connectivity index (χ0n) is 20.2. The smallest absolute Gasteiger partial charge is 0.146 e. The fourth-order valence-corrected chi connectivity index (χ4v) is 5.04. The Morgan fingerprint density at radius 1 is 1.21 bits per heavy atom. The first-order valence-corrected chi connectivity index (χ1v) is 12.7. The van der Waals surface area contributed by atoms with Crippen molar-refractivity contribution in [1.29, 1.82) is 0 Å². The molecule has 0 saturated carbocycles. The number of nitrogens with zero attached hydrogens (tertiary/aromatic N) is 5. The zero-order chi connectivity index (χ0) is 23.9. The standard InChI is InChI=1S/C25H35N5O3S/c1-3-22-19(2)27-25(6-13-31)30(17-26-22)21-4-5-23(24(16-21)33-18-34)29-11-9-28(10-12-29)20-7-14-32-15-8-20/h4-6,13,16,20,34H,3,7-12,14-15,17-18H2,1-2H3/b25-6-. The van der Waals surface area contributed by atoms with E-state index in [4.69, 9.17) is 14.5 Å². The van der Waals surface area contributed by atoms with E-state index in [-0.39, 0.29) is 5.94 Å². The number of allylic oxidation sites excluding steroid dienone is 1. The summed E-state index contributed by atoms with van der Waals surface area (Å²) in [6.07, 6.45) is 5.30. The van der Waals surface area contributed by atoms with E-state index < -0.39 is 0 Å². The molecule has 3 heterocycles. The highest BCUT2D eigenvalue weighted by Gasteiger charge is 2.27. The minimum atomic E-state index is 0.283. The molecule has 9 heteroatoms. The molecule has 1 aromatic carbocycles. The van der Waals surface area contributed by atoms with Crippen LogP contribution in [0.25, 0.3) is 0 Å². The van der Waals surface area contributed by atoms with Gasteiger partial charge in [-0.15, -0.1) is 12.6 Å². The molecule has 184 valence electrons. The van der Waals surface area contributed by atoms with Crippen LogP contribution in [0.15, 0.2) is 40.1 Å². The maximum Gasteiger partial charge on any atom is 0.146 e. The van der Waals surface area contributed by atoms with Gasteiger partial charge in [0.15, 0.2) is 0 Å². The summed E-state index contributed by atoms with van der Waals surface area (Å²) in [5.74, 6) is 1.64. The Morgan fingerprint density at radius 3 is 2.65 bits per heavy atom. The Morgan fingerprint density at radius 2 is 1.97 bits per heavy atom. The van der Waals surface area contributed by atoms with E-state index in [1.165, 1.54) is 6.08 Å². The fraction of sp³-hybridized carbons (Fsp3) is 0.560. The van der Waals surface area contributed by atoms with Crippen LogP contribution >= 0.6 is 12.6 Å². The maximum absolute atomic E-state index is 11.3. The molecule has 8 nitrogen and oxygen atoms in total. The number of rotatable bonds is 7. The van der Waals surface area contributed by atoms with Crippen LogP contribution in [0.3, 0.4) is 0 Å². The molecular formula is C25H35N5O3S. The Hall–Kier alpha value is -2.36. The van der Waals surface area contributed by atoms with Gasteiger partial charge in [-0.2, -0.15) is 0 Å². The molecule has 0 bridgehead atoms. The second-order valence-electron chi connectivity index (χ2n) is 8.68. The third-order valence-electron chi connectivity index (χ3n) is 6.77. The Kier molecular flexibility index (Phi) is 8.64. The van der Waals surface area contributed by atoms with Gasteiger partial charge in [-0.3, -0.25) is 14.7 Å². The lowest BCUT2D eigenvalue weighted by Crippen LogP contribution is -2.51. The average Bonchev–Trinajstić information content (AvgIpc) is 3.03. The average molecular weight is 486 g/mol. The minimum absolute atomic E-state index is 0.283. The van der Waals surface area contributed by atoms with E-state index in [1.807, 2.05) is 17.9 Å². The number of aliphatic imine (C=N–C) groups is 2. The summed E-state index contributed by atoms with van der Waals surface area (Å²) >= 11 is 4.32. The summed E-state index contributed by atoms with van der Waals surface area (Å²) in [6.45, 7) is 10.1. The van der Waals surface area contributed by atoms with Crippen molar-refractivity contribution in [2.24, 2.45) is 9.98 Å². The van der Waals surface area contributed by atoms with E-state index in [2.05, 4.69) is 46.5 Å². The molecule has 3 aliphatic heterocycles. The second-order valence-corrected chi connectivity index (χ2v) is 8.94. The van der Waals surface area contributed by atoms with E-state index in [0.29, 0.717) is 18.5 Å². The molecule has 0 unspecified atom stereocenters. The number of hydrogen-bond acceptors (Lipinski definition) is 9. The van der Waals surface area contributed by atoms with E-state index >= 15 is 0 Å². The first-order chi connectivity index (χ1) is 16.6. The second kappa shape index (κ2) is 11.9. The summed E-state index contributed by atoms with van der Waals surface area (Å²) in [4.78, 5) is 27.7. The lowest BCUT2D eigenvalue weighted by molar-refractivity contribution is -0.104. The van der Waals surface area contributed by atoms with Crippen LogP contribution in [0.1, 0.15) is 33.1 Å². The molecule has 34 heavy (non-hydrogen) atoms. The van der Waals surface area contributed by atoms with Crippen LogP contribution < -0.4 is 14.5 Å². The molecule has 0 aliphatic carbocycles. The van der Waals surface area contributed by atoms with E-state index in [9.17, 15) is 4.79 Å². The maximum atomic E-state index is 11.3. The van der Waals surface area contributed by atoms with Crippen LogP contribution in [-0.2, 0) is 9.53 Å². The first kappa shape index (κ1) is 24.8. The van der Waals surface area contributed by atoms with Crippen LogP contribution in [-0.4, -0.2) is 80.7 Å². The molecule has 0 radical (unpaired) electrons. The molecule has 2 fully saturated rings. The molecule has 0 atom stereocenters. The Balaban J connectivity index is 1.55. The summed E-state index contributed by atoms with van der Waals surface area (Å²) in [5, 5.41) is 0. The van der Waals surface area contributed by atoms with Gasteiger partial charge in [0.2, 0.25) is 0 Å². The summed E-state index contributed by atoms with van der Waals surface area (Å²) < 4.78 is 11.5. The largest absolute Gasteiger partial charge is 0.481 e. The molecule has 4 rings (SSSR count). The van der Waals surface area contributed by atoms with Crippen LogP contribution in [0, 0.1) is 0 Å². The molecule has 0 aromatic heterocycles. The number of carbonyl (C=O) groups excluding carboxylic acids is 1. The molecular weight excluding hydrogens is 450 g/mol. The van der Waals surface area contributed by atoms with Crippen LogP contribution in [0.2, 0.25) is 0 Å². The Labute approximate surface area is 207 Å². The third-order valence-corrected chi connectivity index (χ3v) is 6.90. The molecule has 0 N–H and O–H groups in total. The van der Waals surface area contributed by atoms with E-state index in [0.717, 1.165) is 93.5 Å².